The summed E-state index contributed by atoms with van der Waals surface area (Å²) in [5, 5.41) is 12.4. The standard InChI is InChI=1S/C15H31NO3/c1-6-9-16-15(5,14(17)18)11-13(4)19-10-7-8-12(2)3/h12-13,16H,6-11H2,1-5H3,(H,17,18). The first kappa shape index (κ1) is 18.4. The van der Waals surface area contributed by atoms with Crippen LogP contribution in [0.25, 0.3) is 0 Å². The minimum atomic E-state index is -0.895. The number of ether oxygens (including phenoxy) is 1. The van der Waals surface area contributed by atoms with Gasteiger partial charge in [-0.2, -0.15) is 0 Å². The molecule has 0 aliphatic heterocycles. The fourth-order valence-corrected chi connectivity index (χ4v) is 2.05. The van der Waals surface area contributed by atoms with Crippen LogP contribution in [0, 0.1) is 5.92 Å². The van der Waals surface area contributed by atoms with Gasteiger partial charge < -0.3 is 15.2 Å². The Morgan fingerprint density at radius 1 is 1.37 bits per heavy atom. The second-order valence-electron chi connectivity index (χ2n) is 5.99. The number of hydrogen-bond acceptors (Lipinski definition) is 3. The van der Waals surface area contributed by atoms with Gasteiger partial charge in [0.2, 0.25) is 0 Å². The minimum Gasteiger partial charge on any atom is -0.480 e. The Kier molecular flexibility index (Phi) is 9.02. The molecular weight excluding hydrogens is 242 g/mol. The molecule has 0 aromatic carbocycles. The van der Waals surface area contributed by atoms with Gasteiger partial charge in [-0.15, -0.1) is 0 Å². The molecule has 114 valence electrons. The van der Waals surface area contributed by atoms with Gasteiger partial charge in [-0.05, 0) is 45.6 Å². The Morgan fingerprint density at radius 2 is 2.00 bits per heavy atom. The van der Waals surface area contributed by atoms with Gasteiger partial charge in [0.05, 0.1) is 6.10 Å². The van der Waals surface area contributed by atoms with Gasteiger partial charge in [-0.3, -0.25) is 4.79 Å². The van der Waals surface area contributed by atoms with Crippen molar-refractivity contribution < 1.29 is 14.6 Å². The molecule has 0 amide bonds. The lowest BCUT2D eigenvalue weighted by Gasteiger charge is -2.29. The highest BCUT2D eigenvalue weighted by Crippen LogP contribution is 2.16. The van der Waals surface area contributed by atoms with Crippen LogP contribution in [0.2, 0.25) is 0 Å². The van der Waals surface area contributed by atoms with Crippen LogP contribution < -0.4 is 5.32 Å². The highest BCUT2D eigenvalue weighted by molar-refractivity contribution is 5.78. The zero-order chi connectivity index (χ0) is 14.9. The molecule has 0 rings (SSSR count). The third-order valence-electron chi connectivity index (χ3n) is 3.26. The van der Waals surface area contributed by atoms with E-state index in [9.17, 15) is 9.90 Å². The van der Waals surface area contributed by atoms with E-state index in [0.29, 0.717) is 25.5 Å². The van der Waals surface area contributed by atoms with Gasteiger partial charge in [-0.25, -0.2) is 0 Å². The van der Waals surface area contributed by atoms with Gasteiger partial charge in [0.1, 0.15) is 5.54 Å². The van der Waals surface area contributed by atoms with Crippen molar-refractivity contribution in [3.63, 3.8) is 0 Å². The van der Waals surface area contributed by atoms with Crippen molar-refractivity contribution in [2.75, 3.05) is 13.2 Å². The molecule has 0 aliphatic carbocycles. The third kappa shape index (κ3) is 8.22. The summed E-state index contributed by atoms with van der Waals surface area (Å²) in [5.74, 6) is -0.118. The van der Waals surface area contributed by atoms with Crippen LogP contribution >= 0.6 is 0 Å². The molecule has 0 fully saturated rings. The summed E-state index contributed by atoms with van der Waals surface area (Å²) in [5.41, 5.74) is -0.895. The number of aliphatic carboxylic acids is 1. The summed E-state index contributed by atoms with van der Waals surface area (Å²) in [6.07, 6.45) is 3.56. The van der Waals surface area contributed by atoms with Crippen LogP contribution in [0.5, 0.6) is 0 Å². The lowest BCUT2D eigenvalue weighted by atomic mass is 9.94. The highest BCUT2D eigenvalue weighted by atomic mass is 16.5. The predicted octanol–water partition coefficient (Wildman–Crippen LogP) is 3.06. The molecule has 0 aromatic rings. The highest BCUT2D eigenvalue weighted by Gasteiger charge is 2.34. The van der Waals surface area contributed by atoms with Crippen molar-refractivity contribution in [3.8, 4) is 0 Å². The Bertz CT molecular complexity index is 256. The SMILES string of the molecule is CCCNC(C)(CC(C)OCCCC(C)C)C(=O)O. The molecule has 0 saturated carbocycles. The summed E-state index contributed by atoms with van der Waals surface area (Å²) in [6, 6.07) is 0. The fraction of sp³-hybridized carbons (Fsp3) is 0.933. The quantitative estimate of drug-likeness (QED) is 0.568. The topological polar surface area (TPSA) is 58.6 Å². The third-order valence-corrected chi connectivity index (χ3v) is 3.26. The molecule has 2 unspecified atom stereocenters. The molecule has 0 radical (unpaired) electrons. The maximum atomic E-state index is 11.4. The maximum Gasteiger partial charge on any atom is 0.323 e. The molecule has 4 heteroatoms. The van der Waals surface area contributed by atoms with Crippen LogP contribution in [-0.4, -0.2) is 35.9 Å². The lowest BCUT2D eigenvalue weighted by Crippen LogP contribution is -2.51. The zero-order valence-corrected chi connectivity index (χ0v) is 13.2. The molecule has 0 saturated heterocycles. The minimum absolute atomic E-state index is 0.0439. The first-order chi connectivity index (χ1) is 8.81. The van der Waals surface area contributed by atoms with Gasteiger partial charge in [0.25, 0.3) is 0 Å². The number of hydrogen-bond donors (Lipinski definition) is 2. The fourth-order valence-electron chi connectivity index (χ4n) is 2.05. The average Bonchev–Trinajstić information content (AvgIpc) is 2.31. The first-order valence-electron chi connectivity index (χ1n) is 7.41. The second kappa shape index (κ2) is 9.32. The van der Waals surface area contributed by atoms with Crippen LogP contribution in [0.15, 0.2) is 0 Å². The Morgan fingerprint density at radius 3 is 2.47 bits per heavy atom. The smallest absolute Gasteiger partial charge is 0.323 e. The van der Waals surface area contributed by atoms with Gasteiger partial charge in [0.15, 0.2) is 0 Å². The summed E-state index contributed by atoms with van der Waals surface area (Å²) in [7, 11) is 0. The normalized spacial score (nSPS) is 16.3. The van der Waals surface area contributed by atoms with Crippen molar-refractivity contribution >= 4 is 5.97 Å². The van der Waals surface area contributed by atoms with Gasteiger partial charge >= 0.3 is 5.97 Å². The molecule has 0 aliphatic rings. The van der Waals surface area contributed by atoms with E-state index in [4.69, 9.17) is 4.74 Å². The zero-order valence-electron chi connectivity index (χ0n) is 13.2. The van der Waals surface area contributed by atoms with Crippen molar-refractivity contribution in [1.29, 1.82) is 0 Å². The number of nitrogens with one attached hydrogen (secondary N) is 1. The molecule has 2 N–H and O–H groups in total. The van der Waals surface area contributed by atoms with E-state index in [2.05, 4.69) is 19.2 Å². The van der Waals surface area contributed by atoms with Crippen LogP contribution in [0.3, 0.4) is 0 Å². The van der Waals surface area contributed by atoms with E-state index >= 15 is 0 Å². The molecule has 19 heavy (non-hydrogen) atoms. The predicted molar refractivity (Wildman–Crippen MR) is 78.4 cm³/mol. The second-order valence-corrected chi connectivity index (χ2v) is 5.99. The summed E-state index contributed by atoms with van der Waals surface area (Å²) in [6.45, 7) is 11.5. The monoisotopic (exact) mass is 273 g/mol. The molecular formula is C15H31NO3. The number of carboxylic acid groups (broad SMARTS) is 1. The van der Waals surface area contributed by atoms with Crippen molar-refractivity contribution in [1.82, 2.24) is 5.32 Å². The van der Waals surface area contributed by atoms with E-state index in [-0.39, 0.29) is 6.10 Å². The lowest BCUT2D eigenvalue weighted by molar-refractivity contribution is -0.146. The van der Waals surface area contributed by atoms with Gasteiger partial charge in [-0.1, -0.05) is 20.8 Å². The first-order valence-corrected chi connectivity index (χ1v) is 7.41. The average molecular weight is 273 g/mol. The van der Waals surface area contributed by atoms with Crippen molar-refractivity contribution in [2.24, 2.45) is 5.92 Å². The Hall–Kier alpha value is -0.610. The summed E-state index contributed by atoms with van der Waals surface area (Å²) < 4.78 is 5.71. The van der Waals surface area contributed by atoms with E-state index in [1.54, 1.807) is 6.92 Å². The van der Waals surface area contributed by atoms with E-state index < -0.39 is 11.5 Å². The van der Waals surface area contributed by atoms with E-state index in [1.807, 2.05) is 13.8 Å². The Labute approximate surface area is 117 Å². The Balaban J connectivity index is 4.09. The van der Waals surface area contributed by atoms with Crippen molar-refractivity contribution in [2.45, 2.75) is 71.9 Å². The van der Waals surface area contributed by atoms with Gasteiger partial charge in [0, 0.05) is 13.0 Å². The van der Waals surface area contributed by atoms with Crippen molar-refractivity contribution in [3.05, 3.63) is 0 Å². The van der Waals surface area contributed by atoms with Crippen LogP contribution in [-0.2, 0) is 9.53 Å². The molecule has 0 heterocycles. The van der Waals surface area contributed by atoms with Crippen LogP contribution in [0.1, 0.15) is 60.3 Å². The molecule has 4 nitrogen and oxygen atoms in total. The molecule has 2 atom stereocenters. The summed E-state index contributed by atoms with van der Waals surface area (Å²) in [4.78, 5) is 11.4. The largest absolute Gasteiger partial charge is 0.480 e. The number of carboxylic acids is 1. The van der Waals surface area contributed by atoms with Crippen LogP contribution in [0.4, 0.5) is 0 Å². The van der Waals surface area contributed by atoms with E-state index in [0.717, 1.165) is 19.3 Å². The maximum absolute atomic E-state index is 11.4. The molecule has 0 aromatic heterocycles. The molecule has 0 bridgehead atoms. The summed E-state index contributed by atoms with van der Waals surface area (Å²) >= 11 is 0. The molecule has 0 spiro atoms. The number of rotatable bonds is 11. The number of carbonyl (C=O) groups is 1. The van der Waals surface area contributed by atoms with E-state index in [1.165, 1.54) is 0 Å².